The van der Waals surface area contributed by atoms with Crippen molar-refractivity contribution >= 4 is 11.6 Å². The van der Waals surface area contributed by atoms with Crippen LogP contribution in [0.3, 0.4) is 0 Å². The van der Waals surface area contributed by atoms with E-state index in [1.54, 1.807) is 12.5 Å². The van der Waals surface area contributed by atoms with Gasteiger partial charge in [0.2, 0.25) is 6.23 Å². The molecule has 0 bridgehead atoms. The Morgan fingerprint density at radius 2 is 2.31 bits per heavy atom. The molecule has 1 aromatic rings. The normalized spacial score (nSPS) is 20.9. The summed E-state index contributed by atoms with van der Waals surface area (Å²) in [4.78, 5) is 2.06. The number of nitrogens with one attached hydrogen (secondary N) is 2. The van der Waals surface area contributed by atoms with Crippen molar-refractivity contribution in [3.63, 3.8) is 0 Å². The summed E-state index contributed by atoms with van der Waals surface area (Å²) < 4.78 is 5.30. The zero-order chi connectivity index (χ0) is 11.7. The molecule has 1 aliphatic heterocycles. The third-order valence-electron chi connectivity index (χ3n) is 2.73. The van der Waals surface area contributed by atoms with Crippen molar-refractivity contribution in [2.24, 2.45) is 0 Å². The predicted molar refractivity (Wildman–Crippen MR) is 61.8 cm³/mol. The maximum Gasteiger partial charge on any atom is 0.215 e. The smallest absolute Gasteiger partial charge is 0.215 e. The second-order valence-electron chi connectivity index (χ2n) is 3.96. The van der Waals surface area contributed by atoms with Crippen LogP contribution in [0, 0.1) is 0 Å². The van der Waals surface area contributed by atoms with E-state index in [0.29, 0.717) is 10.7 Å². The highest BCUT2D eigenvalue weighted by atomic mass is 35.5. The maximum atomic E-state index is 6.28. The molecule has 0 aliphatic carbocycles. The van der Waals surface area contributed by atoms with E-state index in [1.165, 1.54) is 0 Å². The quantitative estimate of drug-likeness (QED) is 0.848. The first-order chi connectivity index (χ1) is 7.61. The van der Waals surface area contributed by atoms with E-state index in [0.717, 1.165) is 5.69 Å². The molecule has 0 aromatic carbocycles. The number of halogens is 1. The van der Waals surface area contributed by atoms with E-state index in [1.807, 2.05) is 14.1 Å². The molecule has 1 aliphatic rings. The second kappa shape index (κ2) is 4.35. The number of rotatable bonds is 3. The summed E-state index contributed by atoms with van der Waals surface area (Å²) in [6, 6.07) is 0.183. The summed E-state index contributed by atoms with van der Waals surface area (Å²) in [5.74, 6) is 0. The average Bonchev–Trinajstić information content (AvgIpc) is 2.85. The van der Waals surface area contributed by atoms with Crippen LogP contribution >= 0.6 is 11.6 Å². The van der Waals surface area contributed by atoms with Gasteiger partial charge in [0.1, 0.15) is 12.0 Å². The van der Waals surface area contributed by atoms with Crippen molar-refractivity contribution in [2.45, 2.75) is 19.2 Å². The minimum absolute atomic E-state index is 0.183. The van der Waals surface area contributed by atoms with Crippen molar-refractivity contribution in [3.8, 4) is 0 Å². The lowest BCUT2D eigenvalue weighted by Gasteiger charge is -2.18. The van der Waals surface area contributed by atoms with Crippen molar-refractivity contribution in [1.82, 2.24) is 20.4 Å². The molecule has 0 spiro atoms. The third-order valence-corrected chi connectivity index (χ3v) is 3.13. The van der Waals surface area contributed by atoms with E-state index in [9.17, 15) is 0 Å². The Balaban J connectivity index is 2.23. The van der Waals surface area contributed by atoms with Gasteiger partial charge < -0.3 is 15.0 Å². The van der Waals surface area contributed by atoms with E-state index in [4.69, 9.17) is 16.3 Å². The highest BCUT2D eigenvalue weighted by Gasteiger charge is 2.25. The molecule has 6 heteroatoms. The molecule has 2 heterocycles. The Hall–Kier alpha value is -1.20. The van der Waals surface area contributed by atoms with Crippen LogP contribution in [-0.2, 0) is 4.74 Å². The minimum Gasteiger partial charge on any atom is -0.471 e. The van der Waals surface area contributed by atoms with Crippen LogP contribution in [0.4, 0.5) is 0 Å². The van der Waals surface area contributed by atoms with Crippen LogP contribution in [0.5, 0.6) is 0 Å². The van der Waals surface area contributed by atoms with Crippen LogP contribution in [0.2, 0.25) is 5.02 Å². The number of aromatic amines is 1. The Morgan fingerprint density at radius 3 is 2.88 bits per heavy atom. The largest absolute Gasteiger partial charge is 0.471 e. The minimum atomic E-state index is -0.285. The molecule has 2 rings (SSSR count). The zero-order valence-electron chi connectivity index (χ0n) is 9.49. The summed E-state index contributed by atoms with van der Waals surface area (Å²) in [6.07, 6.45) is 3.03. The molecule has 2 N–H and O–H groups in total. The van der Waals surface area contributed by atoms with Gasteiger partial charge >= 0.3 is 0 Å². The van der Waals surface area contributed by atoms with Crippen molar-refractivity contribution in [2.75, 3.05) is 14.1 Å². The molecule has 0 fully saturated rings. The number of hydrogen-bond donors (Lipinski definition) is 2. The van der Waals surface area contributed by atoms with Gasteiger partial charge in [-0.3, -0.25) is 5.10 Å². The van der Waals surface area contributed by atoms with Gasteiger partial charge in [0.25, 0.3) is 0 Å². The highest BCUT2D eigenvalue weighted by Crippen LogP contribution is 2.31. The van der Waals surface area contributed by atoms with Crippen LogP contribution in [0.25, 0.3) is 0 Å². The summed E-state index contributed by atoms with van der Waals surface area (Å²) in [7, 11) is 3.99. The van der Waals surface area contributed by atoms with E-state index in [2.05, 4.69) is 27.3 Å². The summed E-state index contributed by atoms with van der Waals surface area (Å²) >= 11 is 6.28. The molecular formula is C10H15ClN4O. The lowest BCUT2D eigenvalue weighted by molar-refractivity contribution is 0.150. The Labute approximate surface area is 99.4 Å². The molecule has 2 atom stereocenters. The molecule has 0 amide bonds. The van der Waals surface area contributed by atoms with E-state index >= 15 is 0 Å². The summed E-state index contributed by atoms with van der Waals surface area (Å²) in [6.45, 7) is 2.06. The molecule has 1 aromatic heterocycles. The fourth-order valence-corrected chi connectivity index (χ4v) is 1.83. The van der Waals surface area contributed by atoms with Crippen molar-refractivity contribution in [3.05, 3.63) is 28.9 Å². The van der Waals surface area contributed by atoms with Gasteiger partial charge in [-0.15, -0.1) is 0 Å². The standard InChI is InChI=1S/C10H15ClN4O/c1-6(15(2)3)8-7(11)9(14-13-8)10-12-4-5-16-10/h4-6,10,12H,1-3H3,(H,13,14). The van der Waals surface area contributed by atoms with Crippen LogP contribution < -0.4 is 5.32 Å². The Bertz CT molecular complexity index is 374. The van der Waals surface area contributed by atoms with E-state index < -0.39 is 0 Å². The first-order valence-electron chi connectivity index (χ1n) is 5.08. The van der Waals surface area contributed by atoms with Crippen LogP contribution in [0.1, 0.15) is 30.6 Å². The number of aromatic nitrogens is 2. The molecule has 16 heavy (non-hydrogen) atoms. The van der Waals surface area contributed by atoms with Gasteiger partial charge in [-0.25, -0.2) is 0 Å². The third kappa shape index (κ3) is 1.88. The van der Waals surface area contributed by atoms with Gasteiger partial charge in [-0.2, -0.15) is 5.10 Å². The zero-order valence-corrected chi connectivity index (χ0v) is 10.2. The van der Waals surface area contributed by atoms with Gasteiger partial charge in [0.05, 0.1) is 10.7 Å². The maximum absolute atomic E-state index is 6.28. The first-order valence-corrected chi connectivity index (χ1v) is 5.45. The van der Waals surface area contributed by atoms with Crippen molar-refractivity contribution < 1.29 is 4.74 Å². The number of hydrogen-bond acceptors (Lipinski definition) is 4. The average molecular weight is 243 g/mol. The lowest BCUT2D eigenvalue weighted by atomic mass is 10.2. The number of nitrogens with zero attached hydrogens (tertiary/aromatic N) is 2. The lowest BCUT2D eigenvalue weighted by Crippen LogP contribution is -2.17. The highest BCUT2D eigenvalue weighted by molar-refractivity contribution is 6.32. The monoisotopic (exact) mass is 242 g/mol. The topological polar surface area (TPSA) is 53.2 Å². The van der Waals surface area contributed by atoms with Crippen LogP contribution in [0.15, 0.2) is 12.5 Å². The predicted octanol–water partition coefficient (Wildman–Crippen LogP) is 1.78. The van der Waals surface area contributed by atoms with Gasteiger partial charge in [0, 0.05) is 12.2 Å². The fourth-order valence-electron chi connectivity index (χ4n) is 1.49. The number of ether oxygens (including phenoxy) is 1. The first kappa shape index (κ1) is 11.3. The van der Waals surface area contributed by atoms with Crippen molar-refractivity contribution in [1.29, 1.82) is 0 Å². The summed E-state index contributed by atoms with van der Waals surface area (Å²) in [5.41, 5.74) is 1.59. The number of H-pyrrole nitrogens is 1. The molecule has 2 unspecified atom stereocenters. The molecule has 0 radical (unpaired) electrons. The van der Waals surface area contributed by atoms with Crippen LogP contribution in [-0.4, -0.2) is 29.2 Å². The summed E-state index contributed by atoms with van der Waals surface area (Å²) in [5, 5.41) is 10.8. The second-order valence-corrected chi connectivity index (χ2v) is 4.34. The Kier molecular flexibility index (Phi) is 3.07. The van der Waals surface area contributed by atoms with Gasteiger partial charge in [-0.05, 0) is 21.0 Å². The van der Waals surface area contributed by atoms with E-state index in [-0.39, 0.29) is 12.3 Å². The molecule has 0 saturated carbocycles. The molecule has 0 saturated heterocycles. The molecule has 88 valence electrons. The Morgan fingerprint density at radius 1 is 1.56 bits per heavy atom. The van der Waals surface area contributed by atoms with Gasteiger partial charge in [0.15, 0.2) is 0 Å². The fraction of sp³-hybridized carbons (Fsp3) is 0.500. The SMILES string of the molecule is CC(c1[nH]nc(C2NC=CO2)c1Cl)N(C)C. The molecular weight excluding hydrogens is 228 g/mol. The molecule has 5 nitrogen and oxygen atoms in total. The van der Waals surface area contributed by atoms with Gasteiger partial charge in [-0.1, -0.05) is 11.6 Å².